The Morgan fingerprint density at radius 2 is 1.88 bits per heavy atom. The van der Waals surface area contributed by atoms with E-state index in [4.69, 9.17) is 5.73 Å². The molecule has 3 N–H and O–H groups in total. The van der Waals surface area contributed by atoms with Crippen molar-refractivity contribution in [2.75, 3.05) is 0 Å². The Hall–Kier alpha value is -1.06. The zero-order valence-electron chi connectivity index (χ0n) is 10.2. The van der Waals surface area contributed by atoms with Crippen molar-refractivity contribution in [3.63, 3.8) is 0 Å². The van der Waals surface area contributed by atoms with Crippen LogP contribution in [0.1, 0.15) is 46.0 Å². The fourth-order valence-electron chi connectivity index (χ4n) is 2.28. The van der Waals surface area contributed by atoms with Crippen LogP contribution in [0, 0.1) is 11.8 Å². The highest BCUT2D eigenvalue weighted by atomic mass is 16.2. The molecule has 0 bridgehead atoms. The normalized spacial score (nSPS) is 18.7. The molecule has 0 unspecified atom stereocenters. The average molecular weight is 226 g/mol. The average Bonchev–Trinajstić information content (AvgIpc) is 2.65. The second kappa shape index (κ2) is 5.87. The molecule has 1 fully saturated rings. The van der Waals surface area contributed by atoms with Crippen LogP contribution in [0.25, 0.3) is 0 Å². The molecule has 0 heterocycles. The molecule has 4 heteroatoms. The van der Waals surface area contributed by atoms with Gasteiger partial charge in [-0.05, 0) is 24.7 Å². The molecule has 0 aliphatic heterocycles. The molecular weight excluding hydrogens is 204 g/mol. The Labute approximate surface area is 97.0 Å². The van der Waals surface area contributed by atoms with Gasteiger partial charge in [0.1, 0.15) is 6.04 Å². The van der Waals surface area contributed by atoms with Crippen molar-refractivity contribution in [2.24, 2.45) is 17.6 Å². The quantitative estimate of drug-likeness (QED) is 0.739. The Bertz CT molecular complexity index is 258. The Kier molecular flexibility index (Phi) is 4.77. The van der Waals surface area contributed by atoms with Gasteiger partial charge in [0.2, 0.25) is 11.8 Å². The lowest BCUT2D eigenvalue weighted by atomic mass is 10.0. The summed E-state index contributed by atoms with van der Waals surface area (Å²) in [5, 5.41) is 2.73. The van der Waals surface area contributed by atoms with Crippen molar-refractivity contribution in [1.82, 2.24) is 5.32 Å². The van der Waals surface area contributed by atoms with E-state index < -0.39 is 11.9 Å². The highest BCUT2D eigenvalue weighted by Crippen LogP contribution is 2.27. The lowest BCUT2D eigenvalue weighted by Crippen LogP contribution is -2.47. The zero-order valence-corrected chi connectivity index (χ0v) is 10.2. The van der Waals surface area contributed by atoms with Gasteiger partial charge in [-0.15, -0.1) is 0 Å². The second-order valence-corrected chi connectivity index (χ2v) is 5.05. The molecule has 1 atom stereocenters. The van der Waals surface area contributed by atoms with E-state index in [1.807, 2.05) is 13.8 Å². The number of carbonyl (C=O) groups is 2. The molecule has 1 saturated carbocycles. The molecule has 16 heavy (non-hydrogen) atoms. The molecule has 0 saturated heterocycles. The molecule has 1 rings (SSSR count). The van der Waals surface area contributed by atoms with Crippen LogP contribution in [0.3, 0.4) is 0 Å². The molecule has 0 aromatic carbocycles. The maximum Gasteiger partial charge on any atom is 0.240 e. The van der Waals surface area contributed by atoms with Crippen molar-refractivity contribution in [3.8, 4) is 0 Å². The van der Waals surface area contributed by atoms with Crippen LogP contribution in [-0.2, 0) is 9.59 Å². The first kappa shape index (κ1) is 13.0. The maximum absolute atomic E-state index is 11.7. The number of rotatable bonds is 5. The van der Waals surface area contributed by atoms with E-state index >= 15 is 0 Å². The third kappa shape index (κ3) is 3.83. The van der Waals surface area contributed by atoms with Crippen molar-refractivity contribution in [1.29, 1.82) is 0 Å². The van der Waals surface area contributed by atoms with Gasteiger partial charge in [0.25, 0.3) is 0 Å². The molecule has 0 aromatic heterocycles. The lowest BCUT2D eigenvalue weighted by molar-refractivity contribution is -0.128. The van der Waals surface area contributed by atoms with E-state index in [0.29, 0.717) is 12.3 Å². The number of nitrogens with one attached hydrogen (secondary N) is 1. The summed E-state index contributed by atoms with van der Waals surface area (Å²) < 4.78 is 0. The fraction of sp³-hybridized carbons (Fsp3) is 0.833. The first-order valence-electron chi connectivity index (χ1n) is 6.09. The van der Waals surface area contributed by atoms with E-state index in [2.05, 4.69) is 5.32 Å². The Balaban J connectivity index is 2.38. The van der Waals surface area contributed by atoms with Crippen LogP contribution < -0.4 is 11.1 Å². The molecule has 0 radical (unpaired) electrons. The molecule has 4 nitrogen and oxygen atoms in total. The minimum Gasteiger partial charge on any atom is -0.368 e. The van der Waals surface area contributed by atoms with E-state index in [9.17, 15) is 9.59 Å². The fourth-order valence-corrected chi connectivity index (χ4v) is 2.28. The highest BCUT2D eigenvalue weighted by molar-refractivity contribution is 5.86. The largest absolute Gasteiger partial charge is 0.368 e. The van der Waals surface area contributed by atoms with Crippen LogP contribution >= 0.6 is 0 Å². The summed E-state index contributed by atoms with van der Waals surface area (Å²) in [5.41, 5.74) is 5.24. The van der Waals surface area contributed by atoms with Crippen LogP contribution in [0.5, 0.6) is 0 Å². The van der Waals surface area contributed by atoms with Crippen LogP contribution in [-0.4, -0.2) is 17.9 Å². The van der Waals surface area contributed by atoms with Gasteiger partial charge in [-0.25, -0.2) is 0 Å². The van der Waals surface area contributed by atoms with Crippen LogP contribution in [0.4, 0.5) is 0 Å². The standard InChI is InChI=1S/C12H22N2O2/c1-8(2)11(12(13)16)14-10(15)7-9-5-3-4-6-9/h8-9,11H,3-7H2,1-2H3,(H2,13,16)(H,14,15)/t11-/m1/s1. The predicted octanol–water partition coefficient (Wildman–Crippen LogP) is 1.19. The van der Waals surface area contributed by atoms with E-state index in [1.165, 1.54) is 12.8 Å². The summed E-state index contributed by atoms with van der Waals surface area (Å²) in [6.45, 7) is 3.76. The van der Waals surface area contributed by atoms with E-state index in [1.54, 1.807) is 0 Å². The second-order valence-electron chi connectivity index (χ2n) is 5.05. The van der Waals surface area contributed by atoms with Gasteiger partial charge < -0.3 is 11.1 Å². The van der Waals surface area contributed by atoms with E-state index in [0.717, 1.165) is 12.8 Å². The summed E-state index contributed by atoms with van der Waals surface area (Å²) in [7, 11) is 0. The topological polar surface area (TPSA) is 72.2 Å². The number of nitrogens with two attached hydrogens (primary N) is 1. The smallest absolute Gasteiger partial charge is 0.240 e. The van der Waals surface area contributed by atoms with Gasteiger partial charge in [0, 0.05) is 6.42 Å². The minimum absolute atomic E-state index is 0.0376. The number of primary amides is 1. The summed E-state index contributed by atoms with van der Waals surface area (Å²) in [5.74, 6) is 0.0601. The van der Waals surface area contributed by atoms with Gasteiger partial charge in [0.15, 0.2) is 0 Å². The summed E-state index contributed by atoms with van der Waals surface area (Å²) in [6.07, 6.45) is 5.26. The van der Waals surface area contributed by atoms with Crippen molar-refractivity contribution >= 4 is 11.8 Å². The predicted molar refractivity (Wildman–Crippen MR) is 62.5 cm³/mol. The maximum atomic E-state index is 11.7. The van der Waals surface area contributed by atoms with Gasteiger partial charge in [-0.2, -0.15) is 0 Å². The third-order valence-corrected chi connectivity index (χ3v) is 3.24. The molecule has 2 amide bonds. The van der Waals surface area contributed by atoms with E-state index in [-0.39, 0.29) is 11.8 Å². The number of carbonyl (C=O) groups excluding carboxylic acids is 2. The summed E-state index contributed by atoms with van der Waals surface area (Å²) in [6, 6.07) is -0.533. The van der Waals surface area contributed by atoms with Crippen molar-refractivity contribution in [2.45, 2.75) is 52.0 Å². The molecule has 92 valence electrons. The monoisotopic (exact) mass is 226 g/mol. The third-order valence-electron chi connectivity index (χ3n) is 3.24. The number of amides is 2. The molecule has 1 aliphatic rings. The first-order valence-corrected chi connectivity index (χ1v) is 6.09. The van der Waals surface area contributed by atoms with Gasteiger partial charge >= 0.3 is 0 Å². The molecular formula is C12H22N2O2. The van der Waals surface area contributed by atoms with Crippen molar-refractivity contribution in [3.05, 3.63) is 0 Å². The van der Waals surface area contributed by atoms with Gasteiger partial charge in [0.05, 0.1) is 0 Å². The van der Waals surface area contributed by atoms with Crippen LogP contribution in [0.15, 0.2) is 0 Å². The Morgan fingerprint density at radius 3 is 2.31 bits per heavy atom. The van der Waals surface area contributed by atoms with Crippen LogP contribution in [0.2, 0.25) is 0 Å². The molecule has 0 aromatic rings. The number of hydrogen-bond acceptors (Lipinski definition) is 2. The molecule has 1 aliphatic carbocycles. The first-order chi connectivity index (χ1) is 7.50. The summed E-state index contributed by atoms with van der Waals surface area (Å²) >= 11 is 0. The lowest BCUT2D eigenvalue weighted by Gasteiger charge is -2.19. The summed E-state index contributed by atoms with van der Waals surface area (Å²) in [4.78, 5) is 22.8. The van der Waals surface area contributed by atoms with Crippen molar-refractivity contribution < 1.29 is 9.59 Å². The Morgan fingerprint density at radius 1 is 1.31 bits per heavy atom. The minimum atomic E-state index is -0.533. The SMILES string of the molecule is CC(C)[C@@H](NC(=O)CC1CCCC1)C(N)=O. The number of hydrogen-bond donors (Lipinski definition) is 2. The van der Waals surface area contributed by atoms with Gasteiger partial charge in [-0.3, -0.25) is 9.59 Å². The zero-order chi connectivity index (χ0) is 12.1. The highest BCUT2D eigenvalue weighted by Gasteiger charge is 2.24. The van der Waals surface area contributed by atoms with Gasteiger partial charge in [-0.1, -0.05) is 26.7 Å². The molecule has 0 spiro atoms.